The molecule has 8 heteroatoms. The van der Waals surface area contributed by atoms with Crippen molar-refractivity contribution < 1.29 is 19.4 Å². The van der Waals surface area contributed by atoms with Gasteiger partial charge in [-0.2, -0.15) is 5.10 Å². The SMILES string of the molecule is Cc1nc(C)n(CC2CN(C(=O)C3CCC3C(=O)O)CCO2)n1. The lowest BCUT2D eigenvalue weighted by atomic mass is 9.73. The van der Waals surface area contributed by atoms with Gasteiger partial charge in [0.1, 0.15) is 11.6 Å². The number of morpholine rings is 1. The normalized spacial score (nSPS) is 27.6. The summed E-state index contributed by atoms with van der Waals surface area (Å²) in [5, 5.41) is 13.4. The van der Waals surface area contributed by atoms with Crippen LogP contribution in [0.3, 0.4) is 0 Å². The highest BCUT2D eigenvalue weighted by Crippen LogP contribution is 2.36. The molecule has 8 nitrogen and oxygen atoms in total. The van der Waals surface area contributed by atoms with Gasteiger partial charge in [0.15, 0.2) is 0 Å². The first-order valence-electron chi connectivity index (χ1n) is 7.97. The van der Waals surface area contributed by atoms with E-state index < -0.39 is 11.9 Å². The minimum absolute atomic E-state index is 0.0524. The van der Waals surface area contributed by atoms with Crippen molar-refractivity contribution in [2.75, 3.05) is 19.7 Å². The maximum absolute atomic E-state index is 12.5. The molecule has 3 unspecified atom stereocenters. The quantitative estimate of drug-likeness (QED) is 0.852. The molecule has 23 heavy (non-hydrogen) atoms. The molecule has 0 aromatic carbocycles. The molecule has 3 atom stereocenters. The number of carboxylic acid groups (broad SMARTS) is 1. The number of hydrogen-bond donors (Lipinski definition) is 1. The molecule has 1 saturated carbocycles. The van der Waals surface area contributed by atoms with Crippen LogP contribution in [-0.2, 0) is 20.9 Å². The van der Waals surface area contributed by atoms with Crippen molar-refractivity contribution in [3.63, 3.8) is 0 Å². The first-order valence-corrected chi connectivity index (χ1v) is 7.97. The number of hydrogen-bond acceptors (Lipinski definition) is 5. The van der Waals surface area contributed by atoms with Gasteiger partial charge in [-0.15, -0.1) is 0 Å². The van der Waals surface area contributed by atoms with Gasteiger partial charge in [0, 0.05) is 13.1 Å². The lowest BCUT2D eigenvalue weighted by Gasteiger charge is -2.39. The van der Waals surface area contributed by atoms with E-state index in [9.17, 15) is 9.59 Å². The molecule has 126 valence electrons. The van der Waals surface area contributed by atoms with Crippen LogP contribution < -0.4 is 0 Å². The Morgan fingerprint density at radius 1 is 1.30 bits per heavy atom. The van der Waals surface area contributed by atoms with E-state index in [0.717, 1.165) is 5.82 Å². The van der Waals surface area contributed by atoms with Gasteiger partial charge in [-0.25, -0.2) is 9.67 Å². The number of carbonyl (C=O) groups excluding carboxylic acids is 1. The molecule has 0 spiro atoms. The van der Waals surface area contributed by atoms with Gasteiger partial charge in [0.05, 0.1) is 31.1 Å². The van der Waals surface area contributed by atoms with Crippen LogP contribution in [0.4, 0.5) is 0 Å². The molecule has 0 bridgehead atoms. The highest BCUT2D eigenvalue weighted by atomic mass is 16.5. The molecule has 1 saturated heterocycles. The maximum Gasteiger partial charge on any atom is 0.307 e. The van der Waals surface area contributed by atoms with E-state index in [1.165, 1.54) is 0 Å². The molecule has 3 rings (SSSR count). The monoisotopic (exact) mass is 322 g/mol. The van der Waals surface area contributed by atoms with Crippen molar-refractivity contribution in [1.29, 1.82) is 0 Å². The standard InChI is InChI=1S/C15H22N4O4/c1-9-16-10(2)19(17-9)8-11-7-18(5-6-23-11)14(20)12-3-4-13(12)15(21)22/h11-13H,3-8H2,1-2H3,(H,21,22). The second kappa shape index (κ2) is 6.27. The van der Waals surface area contributed by atoms with E-state index in [-0.39, 0.29) is 17.9 Å². The third kappa shape index (κ3) is 3.21. The minimum Gasteiger partial charge on any atom is -0.481 e. The van der Waals surface area contributed by atoms with Crippen LogP contribution in [0.15, 0.2) is 0 Å². The van der Waals surface area contributed by atoms with Crippen molar-refractivity contribution >= 4 is 11.9 Å². The molecule has 1 aromatic heterocycles. The molecule has 2 aliphatic rings. The molecule has 2 heterocycles. The fraction of sp³-hybridized carbons (Fsp3) is 0.733. The van der Waals surface area contributed by atoms with Gasteiger partial charge < -0.3 is 14.7 Å². The fourth-order valence-electron chi connectivity index (χ4n) is 3.28. The first kappa shape index (κ1) is 15.9. The number of amides is 1. The zero-order chi connectivity index (χ0) is 16.6. The van der Waals surface area contributed by atoms with Gasteiger partial charge in [0.25, 0.3) is 0 Å². The molecule has 1 amide bonds. The van der Waals surface area contributed by atoms with Crippen molar-refractivity contribution in [1.82, 2.24) is 19.7 Å². The Morgan fingerprint density at radius 3 is 2.61 bits per heavy atom. The number of aryl methyl sites for hydroxylation is 2. The molecule has 1 aliphatic heterocycles. The minimum atomic E-state index is -0.867. The van der Waals surface area contributed by atoms with Crippen LogP contribution in [0.5, 0.6) is 0 Å². The maximum atomic E-state index is 12.5. The smallest absolute Gasteiger partial charge is 0.307 e. The summed E-state index contributed by atoms with van der Waals surface area (Å²) in [7, 11) is 0. The van der Waals surface area contributed by atoms with Crippen LogP contribution in [-0.4, -0.2) is 62.4 Å². The second-order valence-corrected chi connectivity index (χ2v) is 6.29. The largest absolute Gasteiger partial charge is 0.481 e. The van der Waals surface area contributed by atoms with E-state index >= 15 is 0 Å². The van der Waals surface area contributed by atoms with Gasteiger partial charge >= 0.3 is 5.97 Å². The summed E-state index contributed by atoms with van der Waals surface area (Å²) in [6, 6.07) is 0. The van der Waals surface area contributed by atoms with Gasteiger partial charge in [-0.1, -0.05) is 0 Å². The number of ether oxygens (including phenoxy) is 1. The summed E-state index contributed by atoms with van der Waals surface area (Å²) >= 11 is 0. The number of aromatic nitrogens is 3. The Hall–Kier alpha value is -1.96. The zero-order valence-corrected chi connectivity index (χ0v) is 13.4. The molecule has 1 N–H and O–H groups in total. The first-order chi connectivity index (χ1) is 11.0. The topological polar surface area (TPSA) is 97.6 Å². The molecular formula is C15H22N4O4. The molecular weight excluding hydrogens is 300 g/mol. The molecule has 0 radical (unpaired) electrons. The average Bonchev–Trinajstić information content (AvgIpc) is 2.75. The predicted molar refractivity (Wildman–Crippen MR) is 79.7 cm³/mol. The van der Waals surface area contributed by atoms with Crippen molar-refractivity contribution in [3.8, 4) is 0 Å². The molecule has 1 aromatic rings. The highest BCUT2D eigenvalue weighted by molar-refractivity contribution is 5.86. The van der Waals surface area contributed by atoms with Crippen LogP contribution in [0, 0.1) is 25.7 Å². The number of carbonyl (C=O) groups is 2. The van der Waals surface area contributed by atoms with Crippen LogP contribution in [0.2, 0.25) is 0 Å². The van der Waals surface area contributed by atoms with Gasteiger partial charge in [-0.05, 0) is 26.7 Å². The molecule has 2 fully saturated rings. The Bertz CT molecular complexity index is 615. The fourth-order valence-corrected chi connectivity index (χ4v) is 3.28. The van der Waals surface area contributed by atoms with E-state index in [4.69, 9.17) is 9.84 Å². The Kier molecular flexibility index (Phi) is 4.34. The van der Waals surface area contributed by atoms with E-state index in [1.54, 1.807) is 9.58 Å². The van der Waals surface area contributed by atoms with Gasteiger partial charge in [0.2, 0.25) is 5.91 Å². The van der Waals surface area contributed by atoms with E-state index in [1.807, 2.05) is 13.8 Å². The molecule has 1 aliphatic carbocycles. The summed E-state index contributed by atoms with van der Waals surface area (Å²) in [4.78, 5) is 29.7. The second-order valence-electron chi connectivity index (χ2n) is 6.29. The average molecular weight is 322 g/mol. The summed E-state index contributed by atoms with van der Waals surface area (Å²) in [6.07, 6.45) is 1.12. The highest BCUT2D eigenvalue weighted by Gasteiger charge is 2.43. The summed E-state index contributed by atoms with van der Waals surface area (Å²) in [5.74, 6) is -0.285. The lowest BCUT2D eigenvalue weighted by Crippen LogP contribution is -2.52. The van der Waals surface area contributed by atoms with Crippen LogP contribution >= 0.6 is 0 Å². The lowest BCUT2D eigenvalue weighted by molar-refractivity contribution is -0.160. The van der Waals surface area contributed by atoms with Crippen LogP contribution in [0.25, 0.3) is 0 Å². The van der Waals surface area contributed by atoms with Crippen molar-refractivity contribution in [3.05, 3.63) is 11.6 Å². The third-order valence-electron chi connectivity index (χ3n) is 4.70. The number of rotatable bonds is 4. The predicted octanol–water partition coefficient (Wildman–Crippen LogP) is 0.233. The van der Waals surface area contributed by atoms with Crippen LogP contribution in [0.1, 0.15) is 24.5 Å². The van der Waals surface area contributed by atoms with Crippen molar-refractivity contribution in [2.45, 2.75) is 39.3 Å². The Balaban J connectivity index is 1.61. The Labute approximate surface area is 134 Å². The third-order valence-corrected chi connectivity index (χ3v) is 4.70. The Morgan fingerprint density at radius 2 is 2.04 bits per heavy atom. The number of carboxylic acids is 1. The van der Waals surface area contributed by atoms with Crippen molar-refractivity contribution in [2.24, 2.45) is 11.8 Å². The van der Waals surface area contributed by atoms with E-state index in [0.29, 0.717) is 44.9 Å². The summed E-state index contributed by atoms with van der Waals surface area (Å²) in [5.41, 5.74) is 0. The van der Waals surface area contributed by atoms with Gasteiger partial charge in [-0.3, -0.25) is 9.59 Å². The zero-order valence-electron chi connectivity index (χ0n) is 13.4. The summed E-state index contributed by atoms with van der Waals surface area (Å²) in [6.45, 7) is 5.73. The summed E-state index contributed by atoms with van der Waals surface area (Å²) < 4.78 is 7.52. The number of nitrogens with zero attached hydrogens (tertiary/aromatic N) is 4. The number of aliphatic carboxylic acids is 1. The van der Waals surface area contributed by atoms with E-state index in [2.05, 4.69) is 10.1 Å².